The van der Waals surface area contributed by atoms with Crippen LogP contribution in [0.3, 0.4) is 0 Å². The highest BCUT2D eigenvalue weighted by Crippen LogP contribution is 2.20. The summed E-state index contributed by atoms with van der Waals surface area (Å²) < 4.78 is 5.33. The molecule has 4 nitrogen and oxygen atoms in total. The maximum atomic E-state index is 11.2. The summed E-state index contributed by atoms with van der Waals surface area (Å²) in [6.45, 7) is 4.71. The minimum Gasteiger partial charge on any atom is -0.481 e. The number of ether oxygens (including phenoxy) is 1. The van der Waals surface area contributed by atoms with Crippen LogP contribution in [0.1, 0.15) is 12.5 Å². The number of rotatable bonds is 6. The van der Waals surface area contributed by atoms with Gasteiger partial charge in [0, 0.05) is 12.6 Å². The van der Waals surface area contributed by atoms with Crippen LogP contribution in [-0.2, 0) is 16.0 Å². The monoisotopic (exact) mass is 269 g/mol. The van der Waals surface area contributed by atoms with Gasteiger partial charge in [0.2, 0.25) is 0 Å². The van der Waals surface area contributed by atoms with E-state index in [4.69, 9.17) is 4.74 Å². The number of hydrogen-bond donors (Lipinski definition) is 1. The summed E-state index contributed by atoms with van der Waals surface area (Å²) in [5.41, 5.74) is 1.32. The smallest absolute Gasteiger partial charge is 0.310 e. The van der Waals surface area contributed by atoms with Gasteiger partial charge in [-0.3, -0.25) is 9.69 Å². The number of carbonyl (C=O) groups is 1. The maximum Gasteiger partial charge on any atom is 0.310 e. The molecule has 5 heteroatoms. The largest absolute Gasteiger partial charge is 0.481 e. The topological polar surface area (TPSA) is 49.8 Å². The van der Waals surface area contributed by atoms with Gasteiger partial charge in [0.15, 0.2) is 0 Å². The highest BCUT2D eigenvalue weighted by molar-refractivity contribution is 7.07. The zero-order valence-corrected chi connectivity index (χ0v) is 11.4. The van der Waals surface area contributed by atoms with E-state index in [0.717, 1.165) is 19.5 Å². The average Bonchev–Trinajstić information content (AvgIpc) is 2.99. The third kappa shape index (κ3) is 3.10. The van der Waals surface area contributed by atoms with Gasteiger partial charge in [0.05, 0.1) is 19.1 Å². The van der Waals surface area contributed by atoms with Crippen molar-refractivity contribution in [2.45, 2.75) is 19.4 Å². The molecule has 1 N–H and O–H groups in total. The molecule has 0 saturated carbocycles. The number of carboxylic acid groups (broad SMARTS) is 1. The van der Waals surface area contributed by atoms with Crippen molar-refractivity contribution < 1.29 is 14.6 Å². The molecule has 2 rings (SSSR count). The molecule has 1 aromatic rings. The van der Waals surface area contributed by atoms with Crippen LogP contribution < -0.4 is 0 Å². The average molecular weight is 269 g/mol. The Morgan fingerprint density at radius 3 is 3.06 bits per heavy atom. The lowest BCUT2D eigenvalue weighted by molar-refractivity contribution is -0.143. The van der Waals surface area contributed by atoms with Gasteiger partial charge in [-0.1, -0.05) is 6.92 Å². The fourth-order valence-electron chi connectivity index (χ4n) is 2.40. The van der Waals surface area contributed by atoms with E-state index in [9.17, 15) is 9.90 Å². The second-order valence-electron chi connectivity index (χ2n) is 4.56. The predicted molar refractivity (Wildman–Crippen MR) is 71.0 cm³/mol. The molecule has 0 spiro atoms. The molecule has 1 aliphatic heterocycles. The number of nitrogens with zero attached hydrogens (tertiary/aromatic N) is 1. The molecule has 100 valence electrons. The summed E-state index contributed by atoms with van der Waals surface area (Å²) in [6, 6.07) is 2.14. The number of hydrogen-bond acceptors (Lipinski definition) is 4. The third-order valence-electron chi connectivity index (χ3n) is 3.51. The van der Waals surface area contributed by atoms with E-state index in [2.05, 4.69) is 28.7 Å². The highest BCUT2D eigenvalue weighted by atomic mass is 32.1. The van der Waals surface area contributed by atoms with Gasteiger partial charge in [0.25, 0.3) is 0 Å². The van der Waals surface area contributed by atoms with Gasteiger partial charge in [0.1, 0.15) is 0 Å². The highest BCUT2D eigenvalue weighted by Gasteiger charge is 2.37. The van der Waals surface area contributed by atoms with Crippen LogP contribution >= 0.6 is 11.3 Å². The summed E-state index contributed by atoms with van der Waals surface area (Å²) in [5, 5.41) is 13.4. The summed E-state index contributed by atoms with van der Waals surface area (Å²) in [6.07, 6.45) is 0.972. The molecule has 1 aliphatic rings. The predicted octanol–water partition coefficient (Wildman–Crippen LogP) is 1.71. The Bertz CT molecular complexity index is 380. The van der Waals surface area contributed by atoms with Crippen LogP contribution in [0.25, 0.3) is 0 Å². The minimum atomic E-state index is -0.744. The van der Waals surface area contributed by atoms with Gasteiger partial charge < -0.3 is 9.84 Å². The van der Waals surface area contributed by atoms with Gasteiger partial charge in [-0.25, -0.2) is 0 Å². The SMILES string of the molecule is CCN(CCc1ccsc1)C1COCC1C(=O)O. The second kappa shape index (κ2) is 6.31. The Balaban J connectivity index is 1.93. The van der Waals surface area contributed by atoms with Crippen molar-refractivity contribution in [1.29, 1.82) is 0 Å². The fraction of sp³-hybridized carbons (Fsp3) is 0.615. The molecule has 1 aromatic heterocycles. The molecule has 2 atom stereocenters. The van der Waals surface area contributed by atoms with Gasteiger partial charge >= 0.3 is 5.97 Å². The van der Waals surface area contributed by atoms with E-state index in [0.29, 0.717) is 13.2 Å². The summed E-state index contributed by atoms with van der Waals surface area (Å²) in [7, 11) is 0. The van der Waals surface area contributed by atoms with Crippen LogP contribution in [0, 0.1) is 5.92 Å². The zero-order chi connectivity index (χ0) is 13.0. The number of likely N-dealkylation sites (N-methyl/N-ethyl adjacent to an activating group) is 1. The second-order valence-corrected chi connectivity index (χ2v) is 5.34. The first-order valence-corrected chi connectivity index (χ1v) is 7.22. The Morgan fingerprint density at radius 2 is 2.44 bits per heavy atom. The molecule has 1 fully saturated rings. The van der Waals surface area contributed by atoms with E-state index in [1.165, 1.54) is 5.56 Å². The number of thiophene rings is 1. The molecule has 1 saturated heterocycles. The van der Waals surface area contributed by atoms with E-state index >= 15 is 0 Å². The van der Waals surface area contributed by atoms with Crippen LogP contribution in [0.5, 0.6) is 0 Å². The number of carboxylic acids is 1. The van der Waals surface area contributed by atoms with Crippen LogP contribution in [0.15, 0.2) is 16.8 Å². The van der Waals surface area contributed by atoms with Crippen molar-refractivity contribution in [1.82, 2.24) is 4.90 Å². The van der Waals surface area contributed by atoms with Gasteiger partial charge in [-0.05, 0) is 35.4 Å². The Kier molecular flexibility index (Phi) is 4.74. The molecule has 2 unspecified atom stereocenters. The van der Waals surface area contributed by atoms with Crippen molar-refractivity contribution in [2.24, 2.45) is 5.92 Å². The van der Waals surface area contributed by atoms with Crippen LogP contribution in [-0.4, -0.2) is 48.3 Å². The molecule has 0 bridgehead atoms. The Hall–Kier alpha value is -0.910. The summed E-state index contributed by atoms with van der Waals surface area (Å²) in [4.78, 5) is 13.4. The number of aliphatic carboxylic acids is 1. The zero-order valence-electron chi connectivity index (χ0n) is 10.5. The van der Waals surface area contributed by atoms with Crippen molar-refractivity contribution in [3.8, 4) is 0 Å². The molecular weight excluding hydrogens is 250 g/mol. The van der Waals surface area contributed by atoms with Crippen molar-refractivity contribution in [2.75, 3.05) is 26.3 Å². The maximum absolute atomic E-state index is 11.2. The van der Waals surface area contributed by atoms with Gasteiger partial charge in [-0.2, -0.15) is 11.3 Å². The van der Waals surface area contributed by atoms with E-state index in [-0.39, 0.29) is 12.0 Å². The normalized spacial score (nSPS) is 23.7. The molecule has 0 amide bonds. The summed E-state index contributed by atoms with van der Waals surface area (Å²) in [5.74, 6) is -1.13. The lowest BCUT2D eigenvalue weighted by atomic mass is 10.0. The fourth-order valence-corrected chi connectivity index (χ4v) is 3.11. The standard InChI is InChI=1S/C13H19NO3S/c1-2-14(5-3-10-4-6-18-9-10)12-8-17-7-11(12)13(15)16/h4,6,9,11-12H,2-3,5,7-8H2,1H3,(H,15,16). The minimum absolute atomic E-state index is 0.0196. The Morgan fingerprint density at radius 1 is 1.61 bits per heavy atom. The van der Waals surface area contributed by atoms with Crippen molar-refractivity contribution in [3.63, 3.8) is 0 Å². The Labute approximate surface area is 111 Å². The molecular formula is C13H19NO3S. The molecule has 0 radical (unpaired) electrons. The molecule has 0 aliphatic carbocycles. The first-order valence-electron chi connectivity index (χ1n) is 6.28. The third-order valence-corrected chi connectivity index (χ3v) is 4.24. The van der Waals surface area contributed by atoms with Crippen molar-refractivity contribution in [3.05, 3.63) is 22.4 Å². The first-order chi connectivity index (χ1) is 8.72. The van der Waals surface area contributed by atoms with Crippen LogP contribution in [0.2, 0.25) is 0 Å². The first kappa shape index (κ1) is 13.5. The van der Waals surface area contributed by atoms with E-state index < -0.39 is 5.97 Å². The van der Waals surface area contributed by atoms with E-state index in [1.54, 1.807) is 11.3 Å². The molecule has 18 heavy (non-hydrogen) atoms. The lowest BCUT2D eigenvalue weighted by Gasteiger charge is -2.28. The molecule has 2 heterocycles. The van der Waals surface area contributed by atoms with Crippen LogP contribution in [0.4, 0.5) is 0 Å². The van der Waals surface area contributed by atoms with Gasteiger partial charge in [-0.15, -0.1) is 0 Å². The quantitative estimate of drug-likeness (QED) is 0.854. The van der Waals surface area contributed by atoms with Crippen molar-refractivity contribution >= 4 is 17.3 Å². The lowest BCUT2D eigenvalue weighted by Crippen LogP contribution is -2.44. The summed E-state index contributed by atoms with van der Waals surface area (Å²) >= 11 is 1.70. The van der Waals surface area contributed by atoms with E-state index in [1.807, 2.05) is 0 Å². The molecule has 0 aromatic carbocycles.